The van der Waals surface area contributed by atoms with Gasteiger partial charge in [0.25, 0.3) is 5.91 Å². The second-order valence-corrected chi connectivity index (χ2v) is 6.96. The Morgan fingerprint density at radius 1 is 1.43 bits per heavy atom. The topological polar surface area (TPSA) is 95.6 Å². The highest BCUT2D eigenvalue weighted by Crippen LogP contribution is 2.35. The van der Waals surface area contributed by atoms with E-state index in [1.807, 2.05) is 6.07 Å². The van der Waals surface area contributed by atoms with Crippen molar-refractivity contribution < 1.29 is 14.3 Å². The molecule has 0 unspecified atom stereocenters. The van der Waals surface area contributed by atoms with E-state index in [1.54, 1.807) is 19.3 Å². The molecule has 1 aliphatic rings. The third-order valence-electron chi connectivity index (χ3n) is 4.91. The van der Waals surface area contributed by atoms with Gasteiger partial charge in [0.2, 0.25) is 0 Å². The van der Waals surface area contributed by atoms with E-state index in [9.17, 15) is 9.18 Å². The van der Waals surface area contributed by atoms with Gasteiger partial charge in [0.05, 0.1) is 25.0 Å². The van der Waals surface area contributed by atoms with Gasteiger partial charge in [0.15, 0.2) is 5.65 Å². The normalized spacial score (nSPS) is 17.8. The average Bonchev–Trinajstić information content (AvgIpc) is 3.34. The van der Waals surface area contributed by atoms with Crippen LogP contribution in [0.15, 0.2) is 36.9 Å². The molecule has 146 valence electrons. The third kappa shape index (κ3) is 3.40. The minimum absolute atomic E-state index is 0.0206. The maximum absolute atomic E-state index is 13.6. The number of carbonyl (C=O) groups excluding carboxylic acids is 1. The average molecular weight is 384 g/mol. The van der Waals surface area contributed by atoms with Crippen LogP contribution in [0.1, 0.15) is 41.7 Å². The van der Waals surface area contributed by atoms with Gasteiger partial charge in [-0.1, -0.05) is 0 Å². The van der Waals surface area contributed by atoms with E-state index in [0.29, 0.717) is 17.0 Å². The zero-order chi connectivity index (χ0) is 19.7. The molecule has 0 bridgehead atoms. The summed E-state index contributed by atoms with van der Waals surface area (Å²) in [4.78, 5) is 23.2. The Morgan fingerprint density at radius 2 is 2.29 bits per heavy atom. The Morgan fingerprint density at radius 3 is 3.07 bits per heavy atom. The lowest BCUT2D eigenvalue weighted by atomic mass is 10.1. The molecule has 0 aromatic carbocycles. The zero-order valence-corrected chi connectivity index (χ0v) is 15.4. The Hall–Kier alpha value is -3.07. The Bertz CT molecular complexity index is 1010. The SMILES string of the molecule is C[C@@H](CO)NC(=O)c1cnn2ccc(N3CCC[C@@H]3c3cncc(F)c3)nc12. The molecule has 0 spiro atoms. The Kier molecular flexibility index (Phi) is 4.91. The number of pyridine rings is 1. The van der Waals surface area contributed by atoms with E-state index >= 15 is 0 Å². The van der Waals surface area contributed by atoms with Crippen LogP contribution in [0.25, 0.3) is 5.65 Å². The lowest BCUT2D eigenvalue weighted by Gasteiger charge is -2.26. The fourth-order valence-electron chi connectivity index (χ4n) is 3.52. The van der Waals surface area contributed by atoms with Crippen molar-refractivity contribution in [1.29, 1.82) is 0 Å². The number of aromatic nitrogens is 4. The van der Waals surface area contributed by atoms with Gasteiger partial charge in [-0.15, -0.1) is 0 Å². The number of nitrogens with one attached hydrogen (secondary N) is 1. The van der Waals surface area contributed by atoms with Gasteiger partial charge in [-0.25, -0.2) is 13.9 Å². The van der Waals surface area contributed by atoms with Gasteiger partial charge in [-0.2, -0.15) is 5.10 Å². The Labute approximate surface area is 161 Å². The molecule has 9 heteroatoms. The summed E-state index contributed by atoms with van der Waals surface area (Å²) in [6.07, 6.45) is 7.91. The molecule has 3 aromatic rings. The van der Waals surface area contributed by atoms with Crippen molar-refractivity contribution in [1.82, 2.24) is 24.9 Å². The van der Waals surface area contributed by atoms with E-state index in [2.05, 4.69) is 25.3 Å². The molecular formula is C19H21FN6O2. The van der Waals surface area contributed by atoms with Crippen LogP contribution in [0.5, 0.6) is 0 Å². The molecule has 0 aliphatic carbocycles. The van der Waals surface area contributed by atoms with Gasteiger partial charge < -0.3 is 15.3 Å². The van der Waals surface area contributed by atoms with E-state index in [-0.39, 0.29) is 30.4 Å². The fraction of sp³-hybridized carbons (Fsp3) is 0.368. The molecule has 1 fully saturated rings. The van der Waals surface area contributed by atoms with Crippen LogP contribution in [0.4, 0.5) is 10.2 Å². The van der Waals surface area contributed by atoms with E-state index in [4.69, 9.17) is 5.11 Å². The van der Waals surface area contributed by atoms with E-state index in [1.165, 1.54) is 23.0 Å². The van der Waals surface area contributed by atoms with Crippen LogP contribution in [0, 0.1) is 5.82 Å². The van der Waals surface area contributed by atoms with Crippen LogP contribution in [-0.2, 0) is 0 Å². The van der Waals surface area contributed by atoms with E-state index < -0.39 is 0 Å². The van der Waals surface area contributed by atoms with E-state index in [0.717, 1.165) is 24.9 Å². The first-order chi connectivity index (χ1) is 13.6. The third-order valence-corrected chi connectivity index (χ3v) is 4.91. The number of amides is 1. The number of aliphatic hydroxyl groups excluding tert-OH is 1. The molecule has 28 heavy (non-hydrogen) atoms. The number of hydrogen-bond donors (Lipinski definition) is 2. The number of fused-ring (bicyclic) bond motifs is 1. The van der Waals surface area contributed by atoms with Gasteiger partial charge in [-0.3, -0.25) is 9.78 Å². The summed E-state index contributed by atoms with van der Waals surface area (Å²) < 4.78 is 15.2. The van der Waals surface area contributed by atoms with Crippen LogP contribution in [0.2, 0.25) is 0 Å². The number of aliphatic hydroxyl groups is 1. The zero-order valence-electron chi connectivity index (χ0n) is 15.4. The Balaban J connectivity index is 1.67. The number of nitrogens with zero attached hydrogens (tertiary/aromatic N) is 5. The molecule has 2 N–H and O–H groups in total. The van der Waals surface area contributed by atoms with Crippen molar-refractivity contribution >= 4 is 17.4 Å². The molecule has 2 atom stereocenters. The largest absolute Gasteiger partial charge is 0.394 e. The predicted molar refractivity (Wildman–Crippen MR) is 101 cm³/mol. The second kappa shape index (κ2) is 7.51. The molecule has 1 amide bonds. The summed E-state index contributed by atoms with van der Waals surface area (Å²) in [5, 5.41) is 16.0. The second-order valence-electron chi connectivity index (χ2n) is 6.96. The van der Waals surface area contributed by atoms with Crippen molar-refractivity contribution in [3.63, 3.8) is 0 Å². The first kappa shape index (κ1) is 18.3. The minimum atomic E-state index is -0.367. The summed E-state index contributed by atoms with van der Waals surface area (Å²) in [5.74, 6) is -0.00182. The minimum Gasteiger partial charge on any atom is -0.394 e. The summed E-state index contributed by atoms with van der Waals surface area (Å²) in [6.45, 7) is 2.34. The van der Waals surface area contributed by atoms with Crippen molar-refractivity contribution in [2.45, 2.75) is 31.8 Å². The van der Waals surface area contributed by atoms with Crippen molar-refractivity contribution in [2.75, 3.05) is 18.1 Å². The predicted octanol–water partition coefficient (Wildman–Crippen LogP) is 1.72. The molecule has 8 nitrogen and oxygen atoms in total. The highest BCUT2D eigenvalue weighted by atomic mass is 19.1. The molecule has 1 aliphatic heterocycles. The maximum atomic E-state index is 13.6. The number of anilines is 1. The first-order valence-corrected chi connectivity index (χ1v) is 9.20. The molecule has 4 heterocycles. The smallest absolute Gasteiger partial charge is 0.257 e. The highest BCUT2D eigenvalue weighted by Gasteiger charge is 2.28. The van der Waals surface area contributed by atoms with Gasteiger partial charge in [0.1, 0.15) is 17.2 Å². The summed E-state index contributed by atoms with van der Waals surface area (Å²) in [5.41, 5.74) is 1.58. The van der Waals surface area contributed by atoms with Crippen LogP contribution in [0.3, 0.4) is 0 Å². The summed E-state index contributed by atoms with van der Waals surface area (Å²) in [6, 6.07) is 2.95. The first-order valence-electron chi connectivity index (χ1n) is 9.20. The summed E-state index contributed by atoms with van der Waals surface area (Å²) >= 11 is 0. The van der Waals surface area contributed by atoms with Gasteiger partial charge in [0, 0.05) is 25.0 Å². The molecule has 1 saturated heterocycles. The highest BCUT2D eigenvalue weighted by molar-refractivity contribution is 5.99. The standard InChI is InChI=1S/C19H21FN6O2/c1-12(11-27)23-19(28)15-10-22-26-6-4-17(24-18(15)26)25-5-2-3-16(25)13-7-14(20)9-21-8-13/h4,6-10,12,16,27H,2-3,5,11H2,1H3,(H,23,28)/t12-,16+/m0/s1. The molecular weight excluding hydrogens is 363 g/mol. The molecule has 0 saturated carbocycles. The quantitative estimate of drug-likeness (QED) is 0.695. The lowest BCUT2D eigenvalue weighted by molar-refractivity contribution is 0.0924. The maximum Gasteiger partial charge on any atom is 0.257 e. The molecule has 0 radical (unpaired) electrons. The number of halogens is 1. The van der Waals surface area contributed by atoms with Crippen LogP contribution < -0.4 is 10.2 Å². The van der Waals surface area contributed by atoms with Crippen molar-refractivity contribution in [2.24, 2.45) is 0 Å². The van der Waals surface area contributed by atoms with Gasteiger partial charge >= 0.3 is 0 Å². The lowest BCUT2D eigenvalue weighted by Crippen LogP contribution is -2.35. The number of hydrogen-bond acceptors (Lipinski definition) is 6. The van der Waals surface area contributed by atoms with Gasteiger partial charge in [-0.05, 0) is 37.5 Å². The van der Waals surface area contributed by atoms with Crippen molar-refractivity contribution in [3.8, 4) is 0 Å². The number of carbonyl (C=O) groups is 1. The van der Waals surface area contributed by atoms with Crippen molar-refractivity contribution in [3.05, 3.63) is 53.9 Å². The molecule has 4 rings (SSSR count). The number of rotatable bonds is 5. The summed E-state index contributed by atoms with van der Waals surface area (Å²) in [7, 11) is 0. The fourth-order valence-corrected chi connectivity index (χ4v) is 3.52. The van der Waals surface area contributed by atoms with Crippen LogP contribution >= 0.6 is 0 Å². The monoisotopic (exact) mass is 384 g/mol. The molecule has 3 aromatic heterocycles. The van der Waals surface area contributed by atoms with Crippen LogP contribution in [-0.4, -0.2) is 49.8 Å².